The summed E-state index contributed by atoms with van der Waals surface area (Å²) < 4.78 is 27.1. The van der Waals surface area contributed by atoms with Gasteiger partial charge in [-0.1, -0.05) is 70.0 Å². The molecule has 1 N–H and O–H groups in total. The van der Waals surface area contributed by atoms with Crippen LogP contribution in [0.2, 0.25) is 5.02 Å². The number of nitrogens with one attached hydrogen (secondary N) is 1. The molecule has 0 fully saturated rings. The predicted octanol–water partition coefficient (Wildman–Crippen LogP) is 5.03. The van der Waals surface area contributed by atoms with E-state index in [2.05, 4.69) is 21.2 Å². The summed E-state index contributed by atoms with van der Waals surface area (Å²) in [6.45, 7) is 0.344. The van der Waals surface area contributed by atoms with Gasteiger partial charge in [0.15, 0.2) is 0 Å². The lowest BCUT2D eigenvalue weighted by Gasteiger charge is -2.31. The van der Waals surface area contributed by atoms with E-state index in [1.807, 2.05) is 54.6 Å². The van der Waals surface area contributed by atoms with Crippen molar-refractivity contribution in [3.63, 3.8) is 0 Å². The number of anilines is 1. The van der Waals surface area contributed by atoms with Crippen LogP contribution in [0.25, 0.3) is 0 Å². The van der Waals surface area contributed by atoms with Crippen LogP contribution in [-0.4, -0.2) is 51.0 Å². The van der Waals surface area contributed by atoms with Gasteiger partial charge in [0.05, 0.1) is 11.9 Å². The van der Waals surface area contributed by atoms with E-state index >= 15 is 0 Å². The van der Waals surface area contributed by atoms with E-state index in [9.17, 15) is 18.0 Å². The van der Waals surface area contributed by atoms with E-state index in [0.717, 1.165) is 21.9 Å². The third kappa shape index (κ3) is 8.58. The molecule has 3 aromatic rings. The van der Waals surface area contributed by atoms with Gasteiger partial charge in [-0.15, -0.1) is 0 Å². The highest BCUT2D eigenvalue weighted by Gasteiger charge is 2.30. The normalized spacial score (nSPS) is 12.0. The van der Waals surface area contributed by atoms with Gasteiger partial charge in [-0.3, -0.25) is 13.9 Å². The molecule has 38 heavy (non-hydrogen) atoms. The van der Waals surface area contributed by atoms with E-state index in [0.29, 0.717) is 17.1 Å². The fraction of sp³-hybridized carbons (Fsp3) is 0.286. The molecular formula is C28H31BrClN3O4S. The van der Waals surface area contributed by atoms with E-state index < -0.39 is 16.1 Å². The monoisotopic (exact) mass is 619 g/mol. The fourth-order valence-electron chi connectivity index (χ4n) is 4.16. The number of carbonyl (C=O) groups excluding carboxylic acids is 2. The van der Waals surface area contributed by atoms with Gasteiger partial charge >= 0.3 is 0 Å². The van der Waals surface area contributed by atoms with Crippen LogP contribution in [0.3, 0.4) is 0 Å². The number of rotatable bonds is 12. The summed E-state index contributed by atoms with van der Waals surface area (Å²) in [6.07, 6.45) is 1.82. The maximum Gasteiger partial charge on any atom is 0.242 e. The van der Waals surface area contributed by atoms with Crippen LogP contribution in [0, 0.1) is 0 Å². The maximum absolute atomic E-state index is 13.6. The van der Waals surface area contributed by atoms with Gasteiger partial charge in [-0.05, 0) is 53.9 Å². The van der Waals surface area contributed by atoms with E-state index in [-0.39, 0.29) is 37.7 Å². The first kappa shape index (κ1) is 29.7. The molecule has 0 bridgehead atoms. The second-order valence-corrected chi connectivity index (χ2v) is 12.1. The summed E-state index contributed by atoms with van der Waals surface area (Å²) in [7, 11) is -2.03. The van der Waals surface area contributed by atoms with Crippen molar-refractivity contribution >= 4 is 55.1 Å². The molecule has 0 aliphatic carbocycles. The number of carbonyl (C=O) groups is 2. The molecule has 0 radical (unpaired) electrons. The van der Waals surface area contributed by atoms with Crippen LogP contribution < -0.4 is 9.62 Å². The first-order chi connectivity index (χ1) is 18.1. The first-order valence-corrected chi connectivity index (χ1v) is 15.1. The molecule has 0 heterocycles. The lowest BCUT2D eigenvalue weighted by molar-refractivity contribution is -0.141. The van der Waals surface area contributed by atoms with Crippen molar-refractivity contribution < 1.29 is 18.0 Å². The highest BCUT2D eigenvalue weighted by Crippen LogP contribution is 2.22. The number of hydrogen-bond acceptors (Lipinski definition) is 4. The molecular weight excluding hydrogens is 590 g/mol. The number of nitrogens with zero attached hydrogens (tertiary/aromatic N) is 2. The molecule has 3 aromatic carbocycles. The Labute approximate surface area is 238 Å². The van der Waals surface area contributed by atoms with Gasteiger partial charge in [-0.25, -0.2) is 8.42 Å². The minimum absolute atomic E-state index is 0.0654. The van der Waals surface area contributed by atoms with Gasteiger partial charge in [0.25, 0.3) is 0 Å². The Morgan fingerprint density at radius 1 is 0.974 bits per heavy atom. The Morgan fingerprint density at radius 3 is 2.24 bits per heavy atom. The molecule has 202 valence electrons. The maximum atomic E-state index is 13.6. The highest BCUT2D eigenvalue weighted by atomic mass is 79.9. The van der Waals surface area contributed by atoms with Crippen molar-refractivity contribution in [3.8, 4) is 0 Å². The third-order valence-corrected chi connectivity index (χ3v) is 7.97. The molecule has 0 aromatic heterocycles. The molecule has 0 aliphatic rings. The van der Waals surface area contributed by atoms with E-state index in [1.54, 1.807) is 36.2 Å². The number of benzene rings is 3. The fourth-order valence-corrected chi connectivity index (χ4v) is 5.70. The van der Waals surface area contributed by atoms with Crippen molar-refractivity contribution in [2.75, 3.05) is 24.2 Å². The van der Waals surface area contributed by atoms with Crippen molar-refractivity contribution in [2.24, 2.45) is 0 Å². The molecule has 2 amide bonds. The number of sulfonamides is 1. The summed E-state index contributed by atoms with van der Waals surface area (Å²) >= 11 is 9.43. The Hall–Kier alpha value is -2.88. The van der Waals surface area contributed by atoms with Gasteiger partial charge in [0.1, 0.15) is 6.04 Å². The first-order valence-electron chi connectivity index (χ1n) is 12.1. The number of amides is 2. The van der Waals surface area contributed by atoms with E-state index in [1.165, 1.54) is 4.31 Å². The van der Waals surface area contributed by atoms with Gasteiger partial charge in [0.2, 0.25) is 21.8 Å². The summed E-state index contributed by atoms with van der Waals surface area (Å²) in [4.78, 5) is 28.3. The second kappa shape index (κ2) is 13.8. The average molecular weight is 621 g/mol. The van der Waals surface area contributed by atoms with Crippen molar-refractivity contribution in [1.29, 1.82) is 0 Å². The Balaban J connectivity index is 1.84. The molecule has 0 spiro atoms. The summed E-state index contributed by atoms with van der Waals surface area (Å²) in [6, 6.07) is 22.9. The molecule has 0 aliphatic heterocycles. The summed E-state index contributed by atoms with van der Waals surface area (Å²) in [5, 5.41) is 3.20. The molecule has 3 rings (SSSR count). The zero-order valence-electron chi connectivity index (χ0n) is 21.3. The minimum atomic E-state index is -3.58. The largest absolute Gasteiger partial charge is 0.357 e. The predicted molar refractivity (Wildman–Crippen MR) is 156 cm³/mol. The quantitative estimate of drug-likeness (QED) is 0.308. The highest BCUT2D eigenvalue weighted by molar-refractivity contribution is 9.10. The average Bonchev–Trinajstić information content (AvgIpc) is 2.88. The van der Waals surface area contributed by atoms with Gasteiger partial charge in [0, 0.05) is 42.5 Å². The van der Waals surface area contributed by atoms with Crippen molar-refractivity contribution in [3.05, 3.63) is 99.5 Å². The molecule has 1 unspecified atom stereocenters. The van der Waals surface area contributed by atoms with Gasteiger partial charge < -0.3 is 10.2 Å². The van der Waals surface area contributed by atoms with Crippen LogP contribution in [0.5, 0.6) is 0 Å². The SMILES string of the molecule is CNC(=O)C(Cc1ccccc1)N(Cc1cccc(Br)c1)C(=O)CCCN(c1ccc(Cl)cc1)S(C)(=O)=O. The molecule has 7 nitrogen and oxygen atoms in total. The molecule has 0 saturated carbocycles. The lowest BCUT2D eigenvalue weighted by Crippen LogP contribution is -2.49. The number of hydrogen-bond donors (Lipinski definition) is 1. The number of likely N-dealkylation sites (N-methyl/N-ethyl adjacent to an activating group) is 1. The lowest BCUT2D eigenvalue weighted by atomic mass is 10.0. The Bertz CT molecular complexity index is 1340. The standard InChI is InChI=1S/C28H31BrClN3O4S/c1-31-28(35)26(19-21-8-4-3-5-9-21)32(20-22-10-6-11-23(29)18-22)27(34)12-7-17-33(38(2,36)37)25-15-13-24(30)14-16-25/h3-6,8-11,13-16,18,26H,7,12,17,19-20H2,1-2H3,(H,31,35). The zero-order valence-corrected chi connectivity index (χ0v) is 24.5. The van der Waals surface area contributed by atoms with Crippen molar-refractivity contribution in [1.82, 2.24) is 10.2 Å². The van der Waals surface area contributed by atoms with Crippen LogP contribution in [0.1, 0.15) is 24.0 Å². The Kier molecular flexibility index (Phi) is 10.8. The minimum Gasteiger partial charge on any atom is -0.357 e. The van der Waals surface area contributed by atoms with Crippen molar-refractivity contribution in [2.45, 2.75) is 31.8 Å². The smallest absolute Gasteiger partial charge is 0.242 e. The number of halogens is 2. The van der Waals surface area contributed by atoms with Crippen LogP contribution in [0.15, 0.2) is 83.3 Å². The third-order valence-electron chi connectivity index (χ3n) is 6.03. The van der Waals surface area contributed by atoms with Crippen LogP contribution in [-0.2, 0) is 32.6 Å². The van der Waals surface area contributed by atoms with Crippen LogP contribution >= 0.6 is 27.5 Å². The molecule has 10 heteroatoms. The topological polar surface area (TPSA) is 86.8 Å². The summed E-state index contributed by atoms with van der Waals surface area (Å²) in [5.41, 5.74) is 2.27. The molecule has 0 saturated heterocycles. The second-order valence-electron chi connectivity index (χ2n) is 8.89. The Morgan fingerprint density at radius 2 is 1.63 bits per heavy atom. The van der Waals surface area contributed by atoms with Gasteiger partial charge in [-0.2, -0.15) is 0 Å². The zero-order chi connectivity index (χ0) is 27.7. The summed E-state index contributed by atoms with van der Waals surface area (Å²) in [5.74, 6) is -0.504. The van der Waals surface area contributed by atoms with E-state index in [4.69, 9.17) is 11.6 Å². The molecule has 1 atom stereocenters. The van der Waals surface area contributed by atoms with Crippen LogP contribution in [0.4, 0.5) is 5.69 Å².